The van der Waals surface area contributed by atoms with Crippen LogP contribution < -0.4 is 0 Å². The highest BCUT2D eigenvalue weighted by molar-refractivity contribution is 9.11. The molecule has 0 saturated carbocycles. The van der Waals surface area contributed by atoms with E-state index >= 15 is 0 Å². The minimum absolute atomic E-state index is 0.469. The van der Waals surface area contributed by atoms with Crippen molar-refractivity contribution in [1.29, 1.82) is 0 Å². The van der Waals surface area contributed by atoms with E-state index in [4.69, 9.17) is 0 Å². The van der Waals surface area contributed by atoms with Crippen LogP contribution in [0, 0.1) is 12.8 Å². The Morgan fingerprint density at radius 3 is 2.83 bits per heavy atom. The van der Waals surface area contributed by atoms with Gasteiger partial charge in [-0.15, -0.1) is 11.3 Å². The normalized spacial score (nSPS) is 21.6. The van der Waals surface area contributed by atoms with Crippen LogP contribution >= 0.6 is 27.3 Å². The van der Waals surface area contributed by atoms with Crippen molar-refractivity contribution >= 4 is 37.3 Å². The van der Waals surface area contributed by atoms with Crippen LogP contribution in [-0.2, 0) is 10.0 Å². The average molecular weight is 352 g/mol. The maximum Gasteiger partial charge on any atom is 0.244 e. The molecule has 2 rings (SSSR count). The highest BCUT2D eigenvalue weighted by atomic mass is 79.9. The van der Waals surface area contributed by atoms with Gasteiger partial charge in [-0.2, -0.15) is 4.31 Å². The number of nitrogens with zero attached hydrogens (tertiary/aromatic N) is 1. The van der Waals surface area contributed by atoms with Crippen LogP contribution in [-0.4, -0.2) is 25.8 Å². The van der Waals surface area contributed by atoms with Crippen molar-refractivity contribution in [3.8, 4) is 0 Å². The molecule has 0 spiro atoms. The first-order valence-corrected chi connectivity index (χ1v) is 9.26. The predicted octanol–water partition coefficient (Wildman–Crippen LogP) is 3.63. The van der Waals surface area contributed by atoms with E-state index < -0.39 is 10.0 Å². The fourth-order valence-electron chi connectivity index (χ4n) is 2.49. The maximum atomic E-state index is 12.5. The van der Waals surface area contributed by atoms with Gasteiger partial charge in [0.05, 0.1) is 8.68 Å². The molecule has 0 bridgehead atoms. The first kappa shape index (κ1) is 14.5. The molecule has 1 fully saturated rings. The van der Waals surface area contributed by atoms with Crippen molar-refractivity contribution < 1.29 is 8.42 Å². The first-order chi connectivity index (χ1) is 8.45. The van der Waals surface area contributed by atoms with Gasteiger partial charge in [-0.3, -0.25) is 0 Å². The second-order valence-electron chi connectivity index (χ2n) is 4.78. The minimum Gasteiger partial charge on any atom is -0.207 e. The van der Waals surface area contributed by atoms with Gasteiger partial charge in [-0.1, -0.05) is 13.3 Å². The number of halogens is 1. The van der Waals surface area contributed by atoms with E-state index in [9.17, 15) is 8.42 Å². The maximum absolute atomic E-state index is 12.5. The fourth-order valence-corrected chi connectivity index (χ4v) is 6.40. The van der Waals surface area contributed by atoms with Gasteiger partial charge in [0.1, 0.15) is 0 Å². The molecule has 1 aliphatic rings. The predicted molar refractivity (Wildman–Crippen MR) is 78.5 cm³/mol. The summed E-state index contributed by atoms with van der Waals surface area (Å²) in [6.07, 6.45) is 3.25. The van der Waals surface area contributed by atoms with Gasteiger partial charge < -0.3 is 0 Å². The van der Waals surface area contributed by atoms with Crippen LogP contribution in [0.3, 0.4) is 0 Å². The topological polar surface area (TPSA) is 37.4 Å². The average Bonchev–Trinajstić information content (AvgIpc) is 2.86. The summed E-state index contributed by atoms with van der Waals surface area (Å²) in [5, 5.41) is 0. The summed E-state index contributed by atoms with van der Waals surface area (Å²) in [5.74, 6) is 0.534. The van der Waals surface area contributed by atoms with Crippen molar-refractivity contribution in [3.05, 3.63) is 14.7 Å². The lowest BCUT2D eigenvalue weighted by Crippen LogP contribution is -2.29. The van der Waals surface area contributed by atoms with E-state index in [1.54, 1.807) is 10.4 Å². The summed E-state index contributed by atoms with van der Waals surface area (Å²) >= 11 is 4.83. The molecule has 0 amide bonds. The summed E-state index contributed by atoms with van der Waals surface area (Å²) < 4.78 is 27.6. The smallest absolute Gasteiger partial charge is 0.207 e. The van der Waals surface area contributed by atoms with Gasteiger partial charge in [-0.25, -0.2) is 8.42 Å². The van der Waals surface area contributed by atoms with Crippen LogP contribution in [0.1, 0.15) is 31.1 Å². The van der Waals surface area contributed by atoms with Gasteiger partial charge in [0, 0.05) is 18.0 Å². The quantitative estimate of drug-likeness (QED) is 0.830. The van der Waals surface area contributed by atoms with Gasteiger partial charge in [0.15, 0.2) is 0 Å². The molecule has 102 valence electrons. The molecule has 0 radical (unpaired) electrons. The molecule has 1 aliphatic heterocycles. The van der Waals surface area contributed by atoms with Gasteiger partial charge in [-0.05, 0) is 47.7 Å². The molecule has 3 nitrogen and oxygen atoms in total. The number of thiophene rings is 1. The Morgan fingerprint density at radius 2 is 2.28 bits per heavy atom. The number of hydrogen-bond acceptors (Lipinski definition) is 3. The fraction of sp³-hybridized carbons (Fsp3) is 0.667. The van der Waals surface area contributed by atoms with Crippen LogP contribution in [0.4, 0.5) is 0 Å². The third kappa shape index (κ3) is 2.81. The van der Waals surface area contributed by atoms with E-state index in [0.29, 0.717) is 23.9 Å². The first-order valence-electron chi connectivity index (χ1n) is 6.21. The Balaban J connectivity index is 2.20. The van der Waals surface area contributed by atoms with Gasteiger partial charge in [0.2, 0.25) is 10.0 Å². The van der Waals surface area contributed by atoms with Gasteiger partial charge >= 0.3 is 0 Å². The molecule has 1 aromatic heterocycles. The van der Waals surface area contributed by atoms with Crippen molar-refractivity contribution in [2.75, 3.05) is 13.1 Å². The molecule has 0 N–H and O–H groups in total. The lowest BCUT2D eigenvalue weighted by atomic mass is 10.0. The Labute approximate surface area is 121 Å². The van der Waals surface area contributed by atoms with E-state index in [-0.39, 0.29) is 0 Å². The third-order valence-corrected chi connectivity index (χ3v) is 7.08. The molecule has 0 aliphatic carbocycles. The van der Waals surface area contributed by atoms with Crippen molar-refractivity contribution in [3.63, 3.8) is 0 Å². The number of sulfonamides is 1. The highest BCUT2D eigenvalue weighted by Gasteiger charge is 2.33. The zero-order valence-corrected chi connectivity index (χ0v) is 13.9. The molecule has 1 unspecified atom stereocenters. The lowest BCUT2D eigenvalue weighted by Gasteiger charge is -2.16. The van der Waals surface area contributed by atoms with Crippen molar-refractivity contribution in [2.45, 2.75) is 38.0 Å². The molecule has 1 atom stereocenters. The van der Waals surface area contributed by atoms with Crippen LogP contribution in [0.15, 0.2) is 14.7 Å². The molecule has 18 heavy (non-hydrogen) atoms. The second-order valence-corrected chi connectivity index (χ2v) is 9.32. The standard InChI is InChI=1S/C12H18BrNO2S2/c1-3-4-10-5-6-14(8-10)18(15,16)11-7-12(13)17-9(11)2/h7,10H,3-6,8H2,1-2H3. The summed E-state index contributed by atoms with van der Waals surface area (Å²) in [5.41, 5.74) is 0. The summed E-state index contributed by atoms with van der Waals surface area (Å²) in [6.45, 7) is 5.36. The molecular weight excluding hydrogens is 334 g/mol. The molecular formula is C12H18BrNO2S2. The van der Waals surface area contributed by atoms with Crippen LogP contribution in [0.2, 0.25) is 0 Å². The summed E-state index contributed by atoms with van der Waals surface area (Å²) in [6, 6.07) is 1.72. The Kier molecular flexibility index (Phi) is 4.52. The SMILES string of the molecule is CCCC1CCN(S(=O)(=O)c2cc(Br)sc2C)C1. The van der Waals surface area contributed by atoms with Crippen molar-refractivity contribution in [1.82, 2.24) is 4.31 Å². The Morgan fingerprint density at radius 1 is 1.56 bits per heavy atom. The van der Waals surface area contributed by atoms with E-state index in [0.717, 1.165) is 27.9 Å². The Hall–Kier alpha value is 0.0900. The highest BCUT2D eigenvalue weighted by Crippen LogP contribution is 2.34. The summed E-state index contributed by atoms with van der Waals surface area (Å²) in [7, 11) is -3.29. The molecule has 0 aromatic carbocycles. The minimum atomic E-state index is -3.29. The van der Waals surface area contributed by atoms with Crippen LogP contribution in [0.5, 0.6) is 0 Å². The number of rotatable bonds is 4. The number of aryl methyl sites for hydroxylation is 1. The zero-order chi connectivity index (χ0) is 13.3. The van der Waals surface area contributed by atoms with E-state index in [2.05, 4.69) is 22.9 Å². The molecule has 2 heterocycles. The number of hydrogen-bond donors (Lipinski definition) is 0. The Bertz CT molecular complexity index is 524. The zero-order valence-electron chi connectivity index (χ0n) is 10.6. The van der Waals surface area contributed by atoms with Crippen molar-refractivity contribution in [2.24, 2.45) is 5.92 Å². The van der Waals surface area contributed by atoms with E-state index in [1.807, 2.05) is 6.92 Å². The monoisotopic (exact) mass is 351 g/mol. The molecule has 1 aromatic rings. The lowest BCUT2D eigenvalue weighted by molar-refractivity contribution is 0.444. The molecule has 1 saturated heterocycles. The van der Waals surface area contributed by atoms with Gasteiger partial charge in [0.25, 0.3) is 0 Å². The second kappa shape index (κ2) is 5.61. The van der Waals surface area contributed by atoms with Crippen LogP contribution in [0.25, 0.3) is 0 Å². The summed E-state index contributed by atoms with van der Waals surface area (Å²) in [4.78, 5) is 1.33. The van der Waals surface area contributed by atoms with E-state index in [1.165, 1.54) is 11.3 Å². The largest absolute Gasteiger partial charge is 0.244 e. The third-order valence-electron chi connectivity index (χ3n) is 3.41. The molecule has 6 heteroatoms.